The number of nitrogens with one attached hydrogen (secondary N) is 2. The van der Waals surface area contributed by atoms with Gasteiger partial charge in [0, 0.05) is 24.6 Å². The second kappa shape index (κ2) is 5.66. The minimum absolute atomic E-state index is 0.00212. The maximum Gasteiger partial charge on any atom is 0.241 e. The second-order valence-corrected chi connectivity index (χ2v) is 7.07. The highest BCUT2D eigenvalue weighted by atomic mass is 32.2. The third-order valence-corrected chi connectivity index (χ3v) is 5.74. The van der Waals surface area contributed by atoms with Crippen LogP contribution in [0.5, 0.6) is 0 Å². The fraction of sp³-hybridized carbons (Fsp3) is 0.636. The van der Waals surface area contributed by atoms with Crippen molar-refractivity contribution in [1.82, 2.24) is 10.0 Å². The molecule has 0 amide bonds. The summed E-state index contributed by atoms with van der Waals surface area (Å²) < 4.78 is 32.3. The van der Waals surface area contributed by atoms with Crippen LogP contribution in [0.2, 0.25) is 0 Å². The molecule has 5 nitrogen and oxygen atoms in total. The van der Waals surface area contributed by atoms with Gasteiger partial charge in [0.25, 0.3) is 0 Å². The van der Waals surface area contributed by atoms with Crippen molar-refractivity contribution in [3.63, 3.8) is 0 Å². The predicted octanol–water partition coefficient (Wildman–Crippen LogP) is 0.923. The molecule has 0 aliphatic heterocycles. The zero-order valence-electron chi connectivity index (χ0n) is 10.5. The summed E-state index contributed by atoms with van der Waals surface area (Å²) in [6, 6.07) is 1.66. The van der Waals surface area contributed by atoms with Crippen LogP contribution in [0, 0.1) is 0 Å². The second-order valence-electron chi connectivity index (χ2n) is 4.39. The number of rotatable bonds is 6. The molecule has 0 aromatic carbocycles. The lowest BCUT2D eigenvalue weighted by molar-refractivity contribution is 0.0236. The Labute approximate surface area is 112 Å². The van der Waals surface area contributed by atoms with Gasteiger partial charge in [0.15, 0.2) is 0 Å². The van der Waals surface area contributed by atoms with Crippen LogP contribution in [0.4, 0.5) is 0 Å². The first-order valence-corrected chi connectivity index (χ1v) is 8.19. The Bertz CT molecular complexity index is 492. The molecule has 0 bridgehead atoms. The third-order valence-electron chi connectivity index (χ3n) is 3.08. The molecule has 1 aliphatic rings. The molecule has 0 spiro atoms. The van der Waals surface area contributed by atoms with Crippen LogP contribution in [0.25, 0.3) is 0 Å². The van der Waals surface area contributed by atoms with Crippen LogP contribution < -0.4 is 10.0 Å². The minimum atomic E-state index is -3.40. The highest BCUT2D eigenvalue weighted by Gasteiger charge is 2.33. The van der Waals surface area contributed by atoms with E-state index in [1.54, 1.807) is 25.6 Å². The molecule has 1 fully saturated rings. The molecule has 1 heterocycles. The van der Waals surface area contributed by atoms with E-state index in [0.29, 0.717) is 11.4 Å². The molecular formula is C11H18N2O3S2. The topological polar surface area (TPSA) is 67.4 Å². The first-order chi connectivity index (χ1) is 8.56. The maximum atomic E-state index is 12.2. The third kappa shape index (κ3) is 2.92. The molecule has 0 unspecified atom stereocenters. The molecule has 1 aliphatic carbocycles. The molecule has 0 radical (unpaired) electrons. The van der Waals surface area contributed by atoms with Crippen molar-refractivity contribution in [2.75, 3.05) is 14.2 Å². The zero-order valence-corrected chi connectivity index (χ0v) is 12.1. The highest BCUT2D eigenvalue weighted by molar-refractivity contribution is 7.89. The zero-order chi connectivity index (χ0) is 13.2. The van der Waals surface area contributed by atoms with Crippen molar-refractivity contribution in [1.29, 1.82) is 0 Å². The van der Waals surface area contributed by atoms with E-state index in [-0.39, 0.29) is 12.1 Å². The number of sulfonamides is 1. The van der Waals surface area contributed by atoms with E-state index in [0.717, 1.165) is 17.7 Å². The Balaban J connectivity index is 2.04. The summed E-state index contributed by atoms with van der Waals surface area (Å²) in [5.41, 5.74) is 0. The summed E-state index contributed by atoms with van der Waals surface area (Å²) in [7, 11) is 0.0596. The average molecular weight is 290 g/mol. The first kappa shape index (κ1) is 14.0. The fourth-order valence-electron chi connectivity index (χ4n) is 1.99. The largest absolute Gasteiger partial charge is 0.381 e. The molecule has 2 rings (SSSR count). The smallest absolute Gasteiger partial charge is 0.241 e. The van der Waals surface area contributed by atoms with E-state index in [9.17, 15) is 8.42 Å². The lowest BCUT2D eigenvalue weighted by atomic mass is 9.90. The van der Waals surface area contributed by atoms with Crippen LogP contribution >= 0.6 is 11.3 Å². The highest BCUT2D eigenvalue weighted by Crippen LogP contribution is 2.27. The normalized spacial score (nSPS) is 23.9. The standard InChI is InChI=1S/C11H18N2O3S2/c1-12-7-10-11(3-4-17-10)18(14,15)13-8-5-9(6-8)16-2/h3-4,8-9,12-13H,5-7H2,1-2H3. The van der Waals surface area contributed by atoms with Crippen LogP contribution in [-0.2, 0) is 21.3 Å². The Morgan fingerprint density at radius 2 is 2.22 bits per heavy atom. The van der Waals surface area contributed by atoms with Gasteiger partial charge in [-0.3, -0.25) is 0 Å². The Morgan fingerprint density at radius 3 is 2.83 bits per heavy atom. The van der Waals surface area contributed by atoms with Gasteiger partial charge >= 0.3 is 0 Å². The summed E-state index contributed by atoms with van der Waals surface area (Å²) in [4.78, 5) is 1.23. The number of thiophene rings is 1. The van der Waals surface area contributed by atoms with Gasteiger partial charge in [-0.25, -0.2) is 13.1 Å². The van der Waals surface area contributed by atoms with Gasteiger partial charge in [0.1, 0.15) is 0 Å². The Kier molecular flexibility index (Phi) is 4.39. The van der Waals surface area contributed by atoms with Crippen molar-refractivity contribution < 1.29 is 13.2 Å². The molecule has 7 heteroatoms. The number of hydrogen-bond acceptors (Lipinski definition) is 5. The Morgan fingerprint density at radius 1 is 1.50 bits per heavy atom. The average Bonchev–Trinajstić information content (AvgIpc) is 2.72. The van der Waals surface area contributed by atoms with Gasteiger partial charge in [-0.15, -0.1) is 11.3 Å². The van der Waals surface area contributed by atoms with Gasteiger partial charge in [0.2, 0.25) is 10.0 Å². The van der Waals surface area contributed by atoms with Crippen molar-refractivity contribution in [2.45, 2.75) is 36.4 Å². The van der Waals surface area contributed by atoms with Gasteiger partial charge in [-0.2, -0.15) is 0 Å². The van der Waals surface area contributed by atoms with Crippen LogP contribution in [-0.4, -0.2) is 34.7 Å². The molecular weight excluding hydrogens is 272 g/mol. The van der Waals surface area contributed by atoms with E-state index in [1.165, 1.54) is 11.3 Å². The van der Waals surface area contributed by atoms with Crippen molar-refractivity contribution in [3.05, 3.63) is 16.3 Å². The molecule has 1 aromatic heterocycles. The summed E-state index contributed by atoms with van der Waals surface area (Å²) >= 11 is 1.45. The van der Waals surface area contributed by atoms with E-state index in [4.69, 9.17) is 4.74 Å². The van der Waals surface area contributed by atoms with Crippen molar-refractivity contribution in [3.8, 4) is 0 Å². The molecule has 1 aromatic rings. The number of hydrogen-bond donors (Lipinski definition) is 2. The number of methoxy groups -OCH3 is 1. The quantitative estimate of drug-likeness (QED) is 0.817. The lowest BCUT2D eigenvalue weighted by Gasteiger charge is -2.34. The molecule has 1 saturated carbocycles. The lowest BCUT2D eigenvalue weighted by Crippen LogP contribution is -2.47. The molecule has 0 atom stereocenters. The van der Waals surface area contributed by atoms with E-state index in [1.807, 2.05) is 0 Å². The van der Waals surface area contributed by atoms with E-state index >= 15 is 0 Å². The van der Waals surface area contributed by atoms with Crippen LogP contribution in [0.15, 0.2) is 16.3 Å². The number of ether oxygens (including phenoxy) is 1. The minimum Gasteiger partial charge on any atom is -0.381 e. The van der Waals surface area contributed by atoms with E-state index in [2.05, 4.69) is 10.0 Å². The fourth-order valence-corrected chi connectivity index (χ4v) is 4.71. The van der Waals surface area contributed by atoms with Crippen LogP contribution in [0.3, 0.4) is 0 Å². The first-order valence-electron chi connectivity index (χ1n) is 5.83. The summed E-state index contributed by atoms with van der Waals surface area (Å²) in [6.45, 7) is 0.569. The summed E-state index contributed by atoms with van der Waals surface area (Å²) in [5, 5.41) is 4.78. The van der Waals surface area contributed by atoms with Gasteiger partial charge in [0.05, 0.1) is 11.0 Å². The predicted molar refractivity (Wildman–Crippen MR) is 71.2 cm³/mol. The molecule has 102 valence electrons. The van der Waals surface area contributed by atoms with Gasteiger partial charge in [-0.1, -0.05) is 0 Å². The summed E-state index contributed by atoms with van der Waals surface area (Å²) in [6.07, 6.45) is 1.69. The van der Waals surface area contributed by atoms with Crippen molar-refractivity contribution >= 4 is 21.4 Å². The van der Waals surface area contributed by atoms with E-state index < -0.39 is 10.0 Å². The van der Waals surface area contributed by atoms with Crippen LogP contribution in [0.1, 0.15) is 17.7 Å². The van der Waals surface area contributed by atoms with Gasteiger partial charge < -0.3 is 10.1 Å². The summed E-state index contributed by atoms with van der Waals surface area (Å²) in [5.74, 6) is 0. The Hall–Kier alpha value is -0.470. The maximum absolute atomic E-state index is 12.2. The monoisotopic (exact) mass is 290 g/mol. The van der Waals surface area contributed by atoms with Crippen molar-refractivity contribution in [2.24, 2.45) is 0 Å². The molecule has 2 N–H and O–H groups in total. The SMILES string of the molecule is CNCc1sccc1S(=O)(=O)NC1CC(OC)C1. The van der Waals surface area contributed by atoms with Gasteiger partial charge in [-0.05, 0) is 31.3 Å². The molecule has 0 saturated heterocycles. The molecule has 18 heavy (non-hydrogen) atoms.